The summed E-state index contributed by atoms with van der Waals surface area (Å²) >= 11 is 0. The van der Waals surface area contributed by atoms with Crippen LogP contribution in [-0.2, 0) is 17.5 Å². The van der Waals surface area contributed by atoms with Crippen molar-refractivity contribution in [1.82, 2.24) is 19.9 Å². The molecule has 1 aliphatic heterocycles. The number of aliphatic hydroxyl groups is 1. The van der Waals surface area contributed by atoms with Crippen molar-refractivity contribution in [2.75, 3.05) is 24.5 Å². The third-order valence-corrected chi connectivity index (χ3v) is 5.35. The van der Waals surface area contributed by atoms with Gasteiger partial charge in [-0.25, -0.2) is 9.97 Å². The Morgan fingerprint density at radius 3 is 2.71 bits per heavy atom. The average molecular weight is 433 g/mol. The predicted octanol–water partition coefficient (Wildman–Crippen LogP) is 2.60. The van der Waals surface area contributed by atoms with Crippen molar-refractivity contribution >= 4 is 22.8 Å². The molecule has 164 valence electrons. The minimum atomic E-state index is -4.69. The fraction of sp³-hybridized carbons (Fsp3) is 0.381. The molecule has 1 aromatic carbocycles. The third kappa shape index (κ3) is 4.63. The highest BCUT2D eigenvalue weighted by molar-refractivity contribution is 5.81. The SMILES string of the molecule is O=C(Cn1c(C(F)(F)F)nc2ccccc21)NCC1(O)CCCN(c2ccccn2)C1. The van der Waals surface area contributed by atoms with E-state index >= 15 is 0 Å². The van der Waals surface area contributed by atoms with E-state index in [2.05, 4.69) is 15.3 Å². The number of halogens is 3. The summed E-state index contributed by atoms with van der Waals surface area (Å²) in [6.45, 7) is 0.383. The van der Waals surface area contributed by atoms with E-state index in [-0.39, 0.29) is 24.1 Å². The van der Waals surface area contributed by atoms with E-state index in [0.717, 1.165) is 16.9 Å². The number of nitrogens with one attached hydrogen (secondary N) is 1. The maximum atomic E-state index is 13.4. The van der Waals surface area contributed by atoms with Crippen molar-refractivity contribution < 1.29 is 23.1 Å². The van der Waals surface area contributed by atoms with Gasteiger partial charge in [0.25, 0.3) is 0 Å². The van der Waals surface area contributed by atoms with Gasteiger partial charge in [-0.2, -0.15) is 13.2 Å². The molecule has 0 spiro atoms. The van der Waals surface area contributed by atoms with E-state index in [4.69, 9.17) is 0 Å². The molecule has 1 atom stereocenters. The Morgan fingerprint density at radius 2 is 1.97 bits per heavy atom. The highest BCUT2D eigenvalue weighted by Crippen LogP contribution is 2.31. The number of alkyl halides is 3. The smallest absolute Gasteiger partial charge is 0.386 e. The van der Waals surface area contributed by atoms with Crippen molar-refractivity contribution in [1.29, 1.82) is 0 Å². The van der Waals surface area contributed by atoms with Gasteiger partial charge in [0.05, 0.1) is 16.6 Å². The van der Waals surface area contributed by atoms with E-state index in [1.54, 1.807) is 24.4 Å². The molecule has 1 amide bonds. The Labute approximate surface area is 176 Å². The minimum absolute atomic E-state index is 0.0663. The number of amides is 1. The number of carbonyl (C=O) groups excluding carboxylic acids is 1. The number of hydrogen-bond donors (Lipinski definition) is 2. The number of para-hydroxylation sites is 2. The number of pyridine rings is 1. The summed E-state index contributed by atoms with van der Waals surface area (Å²) < 4.78 is 41.1. The first-order valence-electron chi connectivity index (χ1n) is 9.93. The maximum Gasteiger partial charge on any atom is 0.449 e. The summed E-state index contributed by atoms with van der Waals surface area (Å²) in [6.07, 6.45) is -1.85. The third-order valence-electron chi connectivity index (χ3n) is 5.35. The zero-order valence-electron chi connectivity index (χ0n) is 16.6. The van der Waals surface area contributed by atoms with Crippen LogP contribution in [0.1, 0.15) is 18.7 Å². The maximum absolute atomic E-state index is 13.4. The van der Waals surface area contributed by atoms with Crippen LogP contribution >= 0.6 is 0 Å². The molecule has 4 rings (SSSR count). The second-order valence-corrected chi connectivity index (χ2v) is 7.72. The summed E-state index contributed by atoms with van der Waals surface area (Å²) in [4.78, 5) is 22.4. The molecule has 0 bridgehead atoms. The molecule has 1 unspecified atom stereocenters. The molecule has 0 radical (unpaired) electrons. The number of nitrogens with zero attached hydrogens (tertiary/aromatic N) is 4. The van der Waals surface area contributed by atoms with Crippen LogP contribution in [0.2, 0.25) is 0 Å². The second-order valence-electron chi connectivity index (χ2n) is 7.72. The molecule has 0 aliphatic carbocycles. The van der Waals surface area contributed by atoms with Crippen molar-refractivity contribution in [3.05, 3.63) is 54.5 Å². The number of aromatic nitrogens is 3. The molecule has 2 aromatic heterocycles. The second kappa shape index (κ2) is 8.18. The Bertz CT molecular complexity index is 1070. The van der Waals surface area contributed by atoms with Gasteiger partial charge >= 0.3 is 6.18 Å². The first-order chi connectivity index (χ1) is 14.8. The first-order valence-corrected chi connectivity index (χ1v) is 9.93. The molecule has 31 heavy (non-hydrogen) atoms. The van der Waals surface area contributed by atoms with Gasteiger partial charge in [-0.3, -0.25) is 4.79 Å². The van der Waals surface area contributed by atoms with Gasteiger partial charge < -0.3 is 19.9 Å². The standard InChI is InChI=1S/C21H22F3N5O2/c22-21(23,24)19-27-15-6-1-2-7-16(15)29(19)12-18(30)26-13-20(31)9-5-11-28(14-20)17-8-3-4-10-25-17/h1-4,6-8,10,31H,5,9,11-14H2,(H,26,30). The van der Waals surface area contributed by atoms with Gasteiger partial charge in [-0.15, -0.1) is 0 Å². The van der Waals surface area contributed by atoms with Crippen LogP contribution in [0.25, 0.3) is 11.0 Å². The average Bonchev–Trinajstić information content (AvgIpc) is 3.12. The van der Waals surface area contributed by atoms with E-state index in [1.807, 2.05) is 17.0 Å². The van der Waals surface area contributed by atoms with Crippen LogP contribution in [-0.4, -0.2) is 50.8 Å². The normalized spacial score (nSPS) is 19.5. The zero-order valence-corrected chi connectivity index (χ0v) is 16.6. The predicted molar refractivity (Wildman–Crippen MR) is 108 cm³/mol. The fourth-order valence-electron chi connectivity index (χ4n) is 3.91. The largest absolute Gasteiger partial charge is 0.449 e. The van der Waals surface area contributed by atoms with Crippen LogP contribution in [0.3, 0.4) is 0 Å². The van der Waals surface area contributed by atoms with Crippen molar-refractivity contribution in [3.63, 3.8) is 0 Å². The summed E-state index contributed by atoms with van der Waals surface area (Å²) in [5.41, 5.74) is -0.808. The lowest BCUT2D eigenvalue weighted by atomic mass is 9.92. The number of carbonyl (C=O) groups is 1. The topological polar surface area (TPSA) is 83.3 Å². The molecule has 7 nitrogen and oxygen atoms in total. The van der Waals surface area contributed by atoms with Gasteiger partial charge in [0.2, 0.25) is 11.7 Å². The zero-order chi connectivity index (χ0) is 22.1. The molecule has 1 saturated heterocycles. The van der Waals surface area contributed by atoms with Crippen LogP contribution in [0, 0.1) is 0 Å². The van der Waals surface area contributed by atoms with Crippen molar-refractivity contribution in [3.8, 4) is 0 Å². The Hall–Kier alpha value is -3.14. The molecule has 2 N–H and O–H groups in total. The number of imidazole rings is 1. The van der Waals surface area contributed by atoms with Gasteiger partial charge in [0.15, 0.2) is 0 Å². The minimum Gasteiger partial charge on any atom is -0.386 e. The Balaban J connectivity index is 1.45. The summed E-state index contributed by atoms with van der Waals surface area (Å²) in [5, 5.41) is 13.5. The number of fused-ring (bicyclic) bond motifs is 1. The summed E-state index contributed by atoms with van der Waals surface area (Å²) in [6, 6.07) is 11.6. The van der Waals surface area contributed by atoms with E-state index in [0.29, 0.717) is 12.8 Å². The molecular formula is C21H22F3N5O2. The lowest BCUT2D eigenvalue weighted by molar-refractivity contribution is -0.147. The molecule has 1 aliphatic rings. The van der Waals surface area contributed by atoms with Crippen LogP contribution in [0.4, 0.5) is 19.0 Å². The number of hydrogen-bond acceptors (Lipinski definition) is 5. The fourth-order valence-corrected chi connectivity index (χ4v) is 3.91. The molecule has 1 fully saturated rings. The van der Waals surface area contributed by atoms with Crippen LogP contribution in [0.15, 0.2) is 48.7 Å². The van der Waals surface area contributed by atoms with Gasteiger partial charge in [-0.05, 0) is 37.1 Å². The molecule has 3 aromatic rings. The van der Waals surface area contributed by atoms with E-state index < -0.39 is 30.1 Å². The van der Waals surface area contributed by atoms with Crippen LogP contribution < -0.4 is 10.2 Å². The molecule has 3 heterocycles. The monoisotopic (exact) mass is 433 g/mol. The molecular weight excluding hydrogens is 411 g/mol. The van der Waals surface area contributed by atoms with E-state index in [9.17, 15) is 23.1 Å². The molecule has 10 heteroatoms. The lowest BCUT2D eigenvalue weighted by Gasteiger charge is -2.39. The summed E-state index contributed by atoms with van der Waals surface area (Å²) in [5.74, 6) is -1.02. The van der Waals surface area contributed by atoms with E-state index in [1.165, 1.54) is 12.1 Å². The number of piperidine rings is 1. The number of anilines is 1. The Kier molecular flexibility index (Phi) is 5.57. The Morgan fingerprint density at radius 1 is 1.19 bits per heavy atom. The first kappa shape index (κ1) is 21.1. The van der Waals surface area contributed by atoms with Crippen molar-refractivity contribution in [2.45, 2.75) is 31.2 Å². The lowest BCUT2D eigenvalue weighted by Crippen LogP contribution is -2.54. The number of benzene rings is 1. The quantitative estimate of drug-likeness (QED) is 0.646. The molecule has 0 saturated carbocycles. The highest BCUT2D eigenvalue weighted by atomic mass is 19.4. The van der Waals surface area contributed by atoms with Gasteiger partial charge in [0.1, 0.15) is 12.4 Å². The summed E-state index contributed by atoms with van der Waals surface area (Å²) in [7, 11) is 0. The number of rotatable bonds is 5. The van der Waals surface area contributed by atoms with Crippen LogP contribution in [0.5, 0.6) is 0 Å². The highest BCUT2D eigenvalue weighted by Gasteiger charge is 2.38. The number of β-amino-alcohol motifs (C(OH)–C–C–N with tert-alkyl or cyclic N) is 1. The van der Waals surface area contributed by atoms with Gasteiger partial charge in [0, 0.05) is 25.8 Å². The van der Waals surface area contributed by atoms with Gasteiger partial charge in [-0.1, -0.05) is 18.2 Å². The van der Waals surface area contributed by atoms with Crippen molar-refractivity contribution in [2.24, 2.45) is 0 Å².